The molecule has 5 heteroatoms. The monoisotopic (exact) mass is 337 g/mol. The number of hydrogen-bond acceptors (Lipinski definition) is 3. The van der Waals surface area contributed by atoms with Crippen LogP contribution >= 0.6 is 22.6 Å². The van der Waals surface area contributed by atoms with Gasteiger partial charge >= 0.3 is 5.97 Å². The molecule has 1 aromatic rings. The summed E-state index contributed by atoms with van der Waals surface area (Å²) in [5, 5.41) is 0. The maximum atomic E-state index is 13.2. The smallest absolute Gasteiger partial charge is 0.338 e. The van der Waals surface area contributed by atoms with E-state index >= 15 is 0 Å². The zero-order chi connectivity index (χ0) is 12.1. The van der Waals surface area contributed by atoms with Gasteiger partial charge in [0.05, 0.1) is 5.56 Å². The van der Waals surface area contributed by atoms with E-state index in [-0.39, 0.29) is 5.56 Å². The molecule has 88 valence electrons. The predicted molar refractivity (Wildman–Crippen MR) is 68.0 cm³/mol. The minimum Gasteiger partial charge on any atom is -0.461 e. The van der Waals surface area contributed by atoms with Crippen molar-refractivity contribution in [3.05, 3.63) is 33.1 Å². The molecule has 3 nitrogen and oxygen atoms in total. The van der Waals surface area contributed by atoms with Crippen LogP contribution in [0.3, 0.4) is 0 Å². The summed E-state index contributed by atoms with van der Waals surface area (Å²) in [5.74, 6) is -0.889. The van der Waals surface area contributed by atoms with Gasteiger partial charge in [0.1, 0.15) is 12.4 Å². The van der Waals surface area contributed by atoms with Crippen molar-refractivity contribution in [2.45, 2.75) is 0 Å². The minimum absolute atomic E-state index is 0.247. The molecule has 0 saturated carbocycles. The fourth-order valence-corrected chi connectivity index (χ4v) is 1.36. The Labute approximate surface area is 108 Å². The molecule has 16 heavy (non-hydrogen) atoms. The van der Waals surface area contributed by atoms with E-state index in [0.29, 0.717) is 16.7 Å². The first-order valence-electron chi connectivity index (χ1n) is 4.77. The Balaban J connectivity index is 2.56. The van der Waals surface area contributed by atoms with E-state index < -0.39 is 11.8 Å². The van der Waals surface area contributed by atoms with Gasteiger partial charge in [0.25, 0.3) is 0 Å². The van der Waals surface area contributed by atoms with E-state index in [1.54, 1.807) is 12.1 Å². The molecular weight excluding hydrogens is 324 g/mol. The van der Waals surface area contributed by atoms with Crippen molar-refractivity contribution < 1.29 is 13.9 Å². The van der Waals surface area contributed by atoms with Crippen molar-refractivity contribution in [1.82, 2.24) is 4.90 Å². The molecule has 0 atom stereocenters. The van der Waals surface area contributed by atoms with Crippen LogP contribution in [0.15, 0.2) is 18.2 Å². The zero-order valence-corrected chi connectivity index (χ0v) is 11.3. The SMILES string of the molecule is CN(C)CCOC(=O)c1ccc(I)c(F)c1. The van der Waals surface area contributed by atoms with Crippen LogP contribution in [0.1, 0.15) is 10.4 Å². The molecule has 0 radical (unpaired) electrons. The molecular formula is C11H13FINO2. The Kier molecular flexibility index (Phi) is 5.14. The fourth-order valence-electron chi connectivity index (χ4n) is 1.03. The summed E-state index contributed by atoms with van der Waals surface area (Å²) < 4.78 is 18.6. The van der Waals surface area contributed by atoms with Gasteiger partial charge in [0.15, 0.2) is 0 Å². The second-order valence-electron chi connectivity index (χ2n) is 3.57. The van der Waals surface area contributed by atoms with Crippen molar-refractivity contribution in [1.29, 1.82) is 0 Å². The number of carbonyl (C=O) groups is 1. The van der Waals surface area contributed by atoms with Gasteiger partial charge in [-0.2, -0.15) is 0 Å². The maximum absolute atomic E-state index is 13.2. The molecule has 0 aliphatic heterocycles. The molecule has 0 bridgehead atoms. The first-order valence-corrected chi connectivity index (χ1v) is 5.85. The van der Waals surface area contributed by atoms with Gasteiger partial charge in [-0.3, -0.25) is 0 Å². The third kappa shape index (κ3) is 4.05. The Bertz CT molecular complexity index is 382. The first-order chi connectivity index (χ1) is 7.50. The molecule has 0 aliphatic rings. The summed E-state index contributed by atoms with van der Waals surface area (Å²) in [6.07, 6.45) is 0. The molecule has 0 aromatic heterocycles. The second kappa shape index (κ2) is 6.15. The summed E-state index contributed by atoms with van der Waals surface area (Å²) in [6.45, 7) is 0.956. The van der Waals surface area contributed by atoms with Crippen LogP contribution in [0.2, 0.25) is 0 Å². The van der Waals surface area contributed by atoms with Crippen molar-refractivity contribution in [3.63, 3.8) is 0 Å². The Morgan fingerprint density at radius 3 is 2.75 bits per heavy atom. The number of halogens is 2. The summed E-state index contributed by atoms with van der Waals surface area (Å²) in [6, 6.07) is 4.31. The Morgan fingerprint density at radius 1 is 1.50 bits per heavy atom. The van der Waals surface area contributed by atoms with Crippen molar-refractivity contribution >= 4 is 28.6 Å². The fraction of sp³-hybridized carbons (Fsp3) is 0.364. The maximum Gasteiger partial charge on any atom is 0.338 e. The summed E-state index contributed by atoms with van der Waals surface area (Å²) in [7, 11) is 3.77. The molecule has 0 saturated heterocycles. The van der Waals surface area contributed by atoms with Crippen LogP contribution in [0.4, 0.5) is 4.39 Å². The summed E-state index contributed by atoms with van der Waals surface area (Å²) in [5.41, 5.74) is 0.247. The molecule has 0 heterocycles. The van der Waals surface area contributed by atoms with Crippen molar-refractivity contribution in [3.8, 4) is 0 Å². The number of rotatable bonds is 4. The van der Waals surface area contributed by atoms with Crippen molar-refractivity contribution in [2.75, 3.05) is 27.2 Å². The van der Waals surface area contributed by atoms with Crippen LogP contribution in [0, 0.1) is 9.39 Å². The van der Waals surface area contributed by atoms with Crippen LogP contribution in [0.25, 0.3) is 0 Å². The highest BCUT2D eigenvalue weighted by molar-refractivity contribution is 14.1. The molecule has 0 aliphatic carbocycles. The topological polar surface area (TPSA) is 29.5 Å². The van der Waals surface area contributed by atoms with Gasteiger partial charge in [-0.1, -0.05) is 0 Å². The number of hydrogen-bond donors (Lipinski definition) is 0. The predicted octanol–water partition coefficient (Wildman–Crippen LogP) is 2.15. The highest BCUT2D eigenvalue weighted by Crippen LogP contribution is 2.13. The third-order valence-electron chi connectivity index (χ3n) is 1.93. The molecule has 0 unspecified atom stereocenters. The van der Waals surface area contributed by atoms with Gasteiger partial charge in [0.2, 0.25) is 0 Å². The van der Waals surface area contributed by atoms with Crippen LogP contribution < -0.4 is 0 Å². The van der Waals surface area contributed by atoms with Gasteiger partial charge in [0, 0.05) is 10.1 Å². The van der Waals surface area contributed by atoms with Crippen LogP contribution in [-0.2, 0) is 4.74 Å². The second-order valence-corrected chi connectivity index (χ2v) is 4.73. The molecule has 0 fully saturated rings. The van der Waals surface area contributed by atoms with Crippen LogP contribution in [-0.4, -0.2) is 38.1 Å². The Morgan fingerprint density at radius 2 is 2.19 bits per heavy atom. The largest absolute Gasteiger partial charge is 0.461 e. The lowest BCUT2D eigenvalue weighted by molar-refractivity contribution is 0.0481. The summed E-state index contributed by atoms with van der Waals surface area (Å²) in [4.78, 5) is 13.4. The number of carbonyl (C=O) groups excluding carboxylic acids is 1. The minimum atomic E-state index is -0.489. The average molecular weight is 337 g/mol. The van der Waals surface area contributed by atoms with E-state index in [1.165, 1.54) is 6.07 Å². The third-order valence-corrected chi connectivity index (χ3v) is 2.80. The van der Waals surface area contributed by atoms with Crippen LogP contribution in [0.5, 0.6) is 0 Å². The number of benzene rings is 1. The van der Waals surface area contributed by atoms with Crippen molar-refractivity contribution in [2.24, 2.45) is 0 Å². The Hall–Kier alpha value is -0.690. The highest BCUT2D eigenvalue weighted by Gasteiger charge is 2.09. The zero-order valence-electron chi connectivity index (χ0n) is 9.17. The van der Waals surface area contributed by atoms with E-state index in [4.69, 9.17) is 4.74 Å². The number of likely N-dealkylation sites (N-methyl/N-ethyl adjacent to an activating group) is 1. The quantitative estimate of drug-likeness (QED) is 0.623. The molecule has 1 aromatic carbocycles. The lowest BCUT2D eigenvalue weighted by Crippen LogP contribution is -2.20. The van der Waals surface area contributed by atoms with Gasteiger partial charge in [-0.05, 0) is 54.9 Å². The standard InChI is InChI=1S/C11H13FINO2/c1-14(2)5-6-16-11(15)8-3-4-10(13)9(12)7-8/h3-4,7H,5-6H2,1-2H3. The van der Waals surface area contributed by atoms with E-state index in [0.717, 1.165) is 0 Å². The van der Waals surface area contributed by atoms with E-state index in [2.05, 4.69) is 0 Å². The van der Waals surface area contributed by atoms with Gasteiger partial charge < -0.3 is 9.64 Å². The number of nitrogens with zero attached hydrogens (tertiary/aromatic N) is 1. The lowest BCUT2D eigenvalue weighted by Gasteiger charge is -2.10. The van der Waals surface area contributed by atoms with E-state index in [9.17, 15) is 9.18 Å². The average Bonchev–Trinajstić information content (AvgIpc) is 2.21. The lowest BCUT2D eigenvalue weighted by atomic mass is 10.2. The molecule has 1 rings (SSSR count). The van der Waals surface area contributed by atoms with E-state index in [1.807, 2.05) is 41.6 Å². The van der Waals surface area contributed by atoms with Gasteiger partial charge in [-0.25, -0.2) is 9.18 Å². The highest BCUT2D eigenvalue weighted by atomic mass is 127. The van der Waals surface area contributed by atoms with Gasteiger partial charge in [-0.15, -0.1) is 0 Å². The molecule has 0 N–H and O–H groups in total. The molecule has 0 amide bonds. The summed E-state index contributed by atoms with van der Waals surface area (Å²) >= 11 is 1.87. The molecule has 0 spiro atoms. The normalized spacial score (nSPS) is 10.6. The number of ether oxygens (including phenoxy) is 1. The first kappa shape index (κ1) is 13.4. The number of esters is 1.